The van der Waals surface area contributed by atoms with E-state index in [9.17, 15) is 5.26 Å². The van der Waals surface area contributed by atoms with Crippen molar-refractivity contribution in [2.75, 3.05) is 5.32 Å². The molecule has 2 saturated carbocycles. The lowest BCUT2D eigenvalue weighted by Crippen LogP contribution is -2.43. The first-order valence-corrected chi connectivity index (χ1v) is 7.92. The third-order valence-electron chi connectivity index (χ3n) is 5.44. The van der Waals surface area contributed by atoms with Crippen LogP contribution in [0, 0.1) is 23.7 Å². The lowest BCUT2D eigenvalue weighted by atomic mass is 9.67. The molecule has 2 aliphatic carbocycles. The minimum atomic E-state index is -0.346. The monoisotopic (exact) mass is 268 g/mol. The summed E-state index contributed by atoms with van der Waals surface area (Å²) in [7, 11) is 0. The van der Waals surface area contributed by atoms with Gasteiger partial charge in [0.2, 0.25) is 0 Å². The molecule has 20 heavy (non-hydrogen) atoms. The lowest BCUT2D eigenvalue weighted by molar-refractivity contribution is 0.167. The van der Waals surface area contributed by atoms with E-state index in [4.69, 9.17) is 0 Å². The number of nitrogens with zero attached hydrogens (tertiary/aromatic N) is 1. The number of hydrogen-bond acceptors (Lipinski definition) is 2. The van der Waals surface area contributed by atoms with Crippen molar-refractivity contribution < 1.29 is 0 Å². The van der Waals surface area contributed by atoms with E-state index in [1.54, 1.807) is 0 Å². The fourth-order valence-corrected chi connectivity index (χ4v) is 4.10. The maximum atomic E-state index is 9.69. The van der Waals surface area contributed by atoms with E-state index in [2.05, 4.69) is 42.6 Å². The number of aryl methyl sites for hydroxylation is 1. The second kappa shape index (κ2) is 5.13. The van der Waals surface area contributed by atoms with Crippen LogP contribution in [0.4, 0.5) is 5.69 Å². The first-order valence-electron chi connectivity index (χ1n) is 7.92. The number of hydrogen-bond donors (Lipinski definition) is 1. The third kappa shape index (κ3) is 2.54. The van der Waals surface area contributed by atoms with Crippen molar-refractivity contribution in [2.24, 2.45) is 5.41 Å². The SMILES string of the molecule is Cc1cccc(NC2(C#N)CCC3(CCCC3)CC2)c1. The normalized spacial score (nSPS) is 23.4. The van der Waals surface area contributed by atoms with E-state index >= 15 is 0 Å². The second-order valence-electron chi connectivity index (χ2n) is 6.90. The molecule has 1 aromatic carbocycles. The van der Waals surface area contributed by atoms with Gasteiger partial charge in [0.1, 0.15) is 5.54 Å². The second-order valence-corrected chi connectivity index (χ2v) is 6.90. The summed E-state index contributed by atoms with van der Waals surface area (Å²) in [4.78, 5) is 0. The zero-order valence-corrected chi connectivity index (χ0v) is 12.4. The van der Waals surface area contributed by atoms with E-state index in [0.29, 0.717) is 5.41 Å². The predicted octanol–water partition coefficient (Wildman–Crippen LogP) is 4.80. The molecule has 0 amide bonds. The summed E-state index contributed by atoms with van der Waals surface area (Å²) in [6.07, 6.45) is 10.0. The van der Waals surface area contributed by atoms with Gasteiger partial charge in [-0.2, -0.15) is 5.26 Å². The van der Waals surface area contributed by atoms with Gasteiger partial charge in [0.15, 0.2) is 0 Å². The minimum Gasteiger partial charge on any atom is -0.367 e. The van der Waals surface area contributed by atoms with Crippen molar-refractivity contribution >= 4 is 5.69 Å². The first kappa shape index (κ1) is 13.5. The highest BCUT2D eigenvalue weighted by Crippen LogP contribution is 2.51. The summed E-state index contributed by atoms with van der Waals surface area (Å²) in [5.74, 6) is 0. The van der Waals surface area contributed by atoms with Crippen LogP contribution in [0.1, 0.15) is 56.9 Å². The Bertz CT molecular complexity index is 510. The van der Waals surface area contributed by atoms with Gasteiger partial charge in [-0.15, -0.1) is 0 Å². The Morgan fingerprint density at radius 3 is 2.35 bits per heavy atom. The Balaban J connectivity index is 1.72. The molecule has 1 spiro atoms. The molecular weight excluding hydrogens is 244 g/mol. The van der Waals surface area contributed by atoms with Gasteiger partial charge in [0.05, 0.1) is 6.07 Å². The molecule has 0 aromatic heterocycles. The maximum Gasteiger partial charge on any atom is 0.125 e. The Kier molecular flexibility index (Phi) is 3.46. The van der Waals surface area contributed by atoms with E-state index in [1.807, 2.05) is 0 Å². The maximum absolute atomic E-state index is 9.69. The molecule has 0 bridgehead atoms. The van der Waals surface area contributed by atoms with Gasteiger partial charge in [0, 0.05) is 5.69 Å². The topological polar surface area (TPSA) is 35.8 Å². The molecular formula is C18H24N2. The van der Waals surface area contributed by atoms with E-state index in [-0.39, 0.29) is 5.54 Å². The van der Waals surface area contributed by atoms with Crippen molar-refractivity contribution in [2.45, 2.75) is 63.8 Å². The average Bonchev–Trinajstić information content (AvgIpc) is 2.91. The summed E-state index contributed by atoms with van der Waals surface area (Å²) in [6.45, 7) is 2.10. The third-order valence-corrected chi connectivity index (χ3v) is 5.44. The van der Waals surface area contributed by atoms with Gasteiger partial charge in [0.25, 0.3) is 0 Å². The van der Waals surface area contributed by atoms with E-state index in [1.165, 1.54) is 44.1 Å². The largest absolute Gasteiger partial charge is 0.367 e. The number of nitriles is 1. The standard InChI is InChI=1S/C18H24N2/c1-15-5-4-6-16(13-15)20-18(14-19)11-9-17(10-12-18)7-2-3-8-17/h4-6,13,20H,2-3,7-12H2,1H3. The molecule has 0 heterocycles. The van der Waals surface area contributed by atoms with Gasteiger partial charge in [-0.05, 0) is 68.6 Å². The molecule has 1 aromatic rings. The molecule has 3 rings (SSSR count). The molecule has 1 N–H and O–H groups in total. The highest BCUT2D eigenvalue weighted by molar-refractivity contribution is 5.49. The fraction of sp³-hybridized carbons (Fsp3) is 0.611. The van der Waals surface area contributed by atoms with Crippen molar-refractivity contribution in [1.82, 2.24) is 0 Å². The van der Waals surface area contributed by atoms with Gasteiger partial charge < -0.3 is 5.32 Å². The minimum absolute atomic E-state index is 0.346. The molecule has 0 saturated heterocycles. The highest BCUT2D eigenvalue weighted by atomic mass is 15.0. The summed E-state index contributed by atoms with van der Waals surface area (Å²) in [5, 5.41) is 13.2. The van der Waals surface area contributed by atoms with Crippen LogP contribution in [0.15, 0.2) is 24.3 Å². The van der Waals surface area contributed by atoms with Gasteiger partial charge in [-0.3, -0.25) is 0 Å². The molecule has 2 fully saturated rings. The number of anilines is 1. The molecule has 2 heteroatoms. The predicted molar refractivity (Wildman–Crippen MR) is 82.5 cm³/mol. The smallest absolute Gasteiger partial charge is 0.125 e. The highest BCUT2D eigenvalue weighted by Gasteiger charge is 2.44. The Hall–Kier alpha value is -1.49. The lowest BCUT2D eigenvalue weighted by Gasteiger charge is -2.42. The summed E-state index contributed by atoms with van der Waals surface area (Å²) < 4.78 is 0. The van der Waals surface area contributed by atoms with Crippen LogP contribution in [-0.2, 0) is 0 Å². The summed E-state index contributed by atoms with van der Waals surface area (Å²) >= 11 is 0. The molecule has 0 atom stereocenters. The molecule has 2 aliphatic rings. The molecule has 0 unspecified atom stereocenters. The van der Waals surface area contributed by atoms with E-state index in [0.717, 1.165) is 18.5 Å². The molecule has 0 aliphatic heterocycles. The van der Waals surface area contributed by atoms with Crippen LogP contribution < -0.4 is 5.32 Å². The Morgan fingerprint density at radius 2 is 1.75 bits per heavy atom. The van der Waals surface area contributed by atoms with Crippen molar-refractivity contribution in [3.8, 4) is 6.07 Å². The van der Waals surface area contributed by atoms with Crippen LogP contribution >= 0.6 is 0 Å². The van der Waals surface area contributed by atoms with Gasteiger partial charge in [-0.1, -0.05) is 25.0 Å². The zero-order valence-electron chi connectivity index (χ0n) is 12.4. The van der Waals surface area contributed by atoms with Crippen molar-refractivity contribution in [3.05, 3.63) is 29.8 Å². The van der Waals surface area contributed by atoms with Crippen LogP contribution in [0.25, 0.3) is 0 Å². The first-order chi connectivity index (χ1) is 9.65. The number of benzene rings is 1. The zero-order chi connectivity index (χ0) is 14.1. The molecule has 106 valence electrons. The average molecular weight is 268 g/mol. The fourth-order valence-electron chi connectivity index (χ4n) is 4.10. The molecule has 0 radical (unpaired) electrons. The quantitative estimate of drug-likeness (QED) is 0.836. The number of nitrogens with one attached hydrogen (secondary N) is 1. The van der Waals surface area contributed by atoms with E-state index < -0.39 is 0 Å². The molecule has 2 nitrogen and oxygen atoms in total. The van der Waals surface area contributed by atoms with Gasteiger partial charge in [-0.25, -0.2) is 0 Å². The van der Waals surface area contributed by atoms with Crippen LogP contribution in [0.3, 0.4) is 0 Å². The van der Waals surface area contributed by atoms with Crippen LogP contribution in [0.5, 0.6) is 0 Å². The van der Waals surface area contributed by atoms with Crippen molar-refractivity contribution in [1.29, 1.82) is 5.26 Å². The van der Waals surface area contributed by atoms with Crippen molar-refractivity contribution in [3.63, 3.8) is 0 Å². The number of rotatable bonds is 2. The summed E-state index contributed by atoms with van der Waals surface area (Å²) in [6, 6.07) is 10.9. The Morgan fingerprint density at radius 1 is 1.05 bits per heavy atom. The Labute approximate surface area is 122 Å². The summed E-state index contributed by atoms with van der Waals surface area (Å²) in [5.41, 5.74) is 2.57. The van der Waals surface area contributed by atoms with Gasteiger partial charge >= 0.3 is 0 Å². The van der Waals surface area contributed by atoms with Crippen LogP contribution in [-0.4, -0.2) is 5.54 Å². The van der Waals surface area contributed by atoms with Crippen LogP contribution in [0.2, 0.25) is 0 Å².